The van der Waals surface area contributed by atoms with E-state index in [1.165, 1.54) is 0 Å². The summed E-state index contributed by atoms with van der Waals surface area (Å²) in [6, 6.07) is 3.30. The lowest BCUT2D eigenvalue weighted by atomic mass is 10.1. The zero-order valence-corrected chi connectivity index (χ0v) is 11.0. The van der Waals surface area contributed by atoms with E-state index in [4.69, 9.17) is 5.73 Å². The van der Waals surface area contributed by atoms with E-state index >= 15 is 0 Å². The SMILES string of the molecule is CSCC[C@H](N)C(=O)N[C@H](C)c1cccnc1. The molecule has 1 aromatic heterocycles. The minimum absolute atomic E-state index is 0.0588. The number of hydrogen-bond acceptors (Lipinski definition) is 4. The molecule has 1 heterocycles. The molecule has 0 saturated heterocycles. The Balaban J connectivity index is 2.46. The Labute approximate surface area is 106 Å². The first-order valence-electron chi connectivity index (χ1n) is 5.60. The second kappa shape index (κ2) is 7.29. The largest absolute Gasteiger partial charge is 0.348 e. The highest BCUT2D eigenvalue weighted by atomic mass is 32.2. The van der Waals surface area contributed by atoms with Crippen LogP contribution in [0.25, 0.3) is 0 Å². The molecule has 17 heavy (non-hydrogen) atoms. The van der Waals surface area contributed by atoms with E-state index in [0.29, 0.717) is 6.42 Å². The second-order valence-corrected chi connectivity index (χ2v) is 4.89. The van der Waals surface area contributed by atoms with Crippen molar-refractivity contribution in [1.82, 2.24) is 10.3 Å². The molecule has 94 valence electrons. The molecule has 1 aromatic rings. The predicted octanol–water partition coefficient (Wildman–Crippen LogP) is 1.34. The molecule has 0 fully saturated rings. The number of carbonyl (C=O) groups is 1. The number of hydrogen-bond donors (Lipinski definition) is 2. The zero-order chi connectivity index (χ0) is 12.7. The Hall–Kier alpha value is -1.07. The third-order valence-corrected chi connectivity index (χ3v) is 3.16. The summed E-state index contributed by atoms with van der Waals surface area (Å²) >= 11 is 1.69. The first-order valence-corrected chi connectivity index (χ1v) is 6.99. The molecule has 0 bridgehead atoms. The first-order chi connectivity index (χ1) is 8.15. The summed E-state index contributed by atoms with van der Waals surface area (Å²) in [5, 5.41) is 2.89. The normalized spacial score (nSPS) is 14.1. The lowest BCUT2D eigenvalue weighted by molar-refractivity contribution is -0.123. The standard InChI is InChI=1S/C12H19N3OS/c1-9(10-4-3-6-14-8-10)15-12(16)11(13)5-7-17-2/h3-4,6,8-9,11H,5,7,13H2,1-2H3,(H,15,16)/t9-,11+/m1/s1. The van der Waals surface area contributed by atoms with Crippen molar-refractivity contribution in [3.63, 3.8) is 0 Å². The van der Waals surface area contributed by atoms with E-state index in [-0.39, 0.29) is 11.9 Å². The molecule has 0 spiro atoms. The van der Waals surface area contributed by atoms with Crippen LogP contribution in [-0.2, 0) is 4.79 Å². The maximum Gasteiger partial charge on any atom is 0.237 e. The number of thioether (sulfide) groups is 1. The van der Waals surface area contributed by atoms with E-state index in [1.807, 2.05) is 25.3 Å². The van der Waals surface area contributed by atoms with Gasteiger partial charge in [0.05, 0.1) is 12.1 Å². The first kappa shape index (κ1) is 14.0. The van der Waals surface area contributed by atoms with E-state index in [9.17, 15) is 4.79 Å². The van der Waals surface area contributed by atoms with E-state index < -0.39 is 6.04 Å². The average Bonchev–Trinajstić information content (AvgIpc) is 2.36. The Morgan fingerprint density at radius 2 is 2.41 bits per heavy atom. The van der Waals surface area contributed by atoms with Gasteiger partial charge in [-0.05, 0) is 37.0 Å². The molecule has 3 N–H and O–H groups in total. The molecule has 1 rings (SSSR count). The smallest absolute Gasteiger partial charge is 0.237 e. The summed E-state index contributed by atoms with van der Waals surface area (Å²) in [5.74, 6) is 0.797. The number of nitrogens with one attached hydrogen (secondary N) is 1. The fourth-order valence-corrected chi connectivity index (χ4v) is 1.90. The van der Waals surface area contributed by atoms with Crippen molar-refractivity contribution < 1.29 is 4.79 Å². The number of nitrogens with zero attached hydrogens (tertiary/aromatic N) is 1. The Bertz CT molecular complexity index is 345. The Kier molecular flexibility index (Phi) is 6.00. The zero-order valence-electron chi connectivity index (χ0n) is 10.2. The number of carbonyl (C=O) groups excluding carboxylic acids is 1. The van der Waals surface area contributed by atoms with Crippen LogP contribution in [0.4, 0.5) is 0 Å². The van der Waals surface area contributed by atoms with Crippen molar-refractivity contribution in [3.05, 3.63) is 30.1 Å². The number of aromatic nitrogens is 1. The van der Waals surface area contributed by atoms with Gasteiger partial charge in [-0.2, -0.15) is 11.8 Å². The highest BCUT2D eigenvalue weighted by molar-refractivity contribution is 7.98. The van der Waals surface area contributed by atoms with Crippen molar-refractivity contribution in [1.29, 1.82) is 0 Å². The Morgan fingerprint density at radius 3 is 3.00 bits per heavy atom. The summed E-state index contributed by atoms with van der Waals surface area (Å²) in [6.07, 6.45) is 6.16. The topological polar surface area (TPSA) is 68.0 Å². The highest BCUT2D eigenvalue weighted by Crippen LogP contribution is 2.10. The summed E-state index contributed by atoms with van der Waals surface area (Å²) in [6.45, 7) is 1.93. The fourth-order valence-electron chi connectivity index (χ4n) is 1.41. The van der Waals surface area contributed by atoms with Crippen molar-refractivity contribution in [2.75, 3.05) is 12.0 Å². The lowest BCUT2D eigenvalue weighted by Crippen LogP contribution is -2.41. The van der Waals surface area contributed by atoms with Gasteiger partial charge in [0.15, 0.2) is 0 Å². The number of rotatable bonds is 6. The molecule has 5 heteroatoms. The lowest BCUT2D eigenvalue weighted by Gasteiger charge is -2.17. The maximum absolute atomic E-state index is 11.8. The van der Waals surface area contributed by atoms with Crippen LogP contribution in [0.2, 0.25) is 0 Å². The molecule has 2 atom stereocenters. The van der Waals surface area contributed by atoms with Crippen molar-refractivity contribution in [2.24, 2.45) is 5.73 Å². The van der Waals surface area contributed by atoms with Crippen LogP contribution in [0, 0.1) is 0 Å². The van der Waals surface area contributed by atoms with Gasteiger partial charge in [-0.1, -0.05) is 6.07 Å². The molecule has 1 amide bonds. The number of amides is 1. The van der Waals surface area contributed by atoms with E-state index in [0.717, 1.165) is 11.3 Å². The van der Waals surface area contributed by atoms with Crippen LogP contribution < -0.4 is 11.1 Å². The maximum atomic E-state index is 11.8. The minimum Gasteiger partial charge on any atom is -0.348 e. The summed E-state index contributed by atoms with van der Waals surface area (Å²) in [7, 11) is 0. The van der Waals surface area contributed by atoms with Crippen LogP contribution in [0.3, 0.4) is 0 Å². The van der Waals surface area contributed by atoms with Gasteiger partial charge < -0.3 is 11.1 Å². The molecular formula is C12H19N3OS. The molecular weight excluding hydrogens is 234 g/mol. The molecule has 0 unspecified atom stereocenters. The summed E-state index contributed by atoms with van der Waals surface area (Å²) < 4.78 is 0. The van der Waals surface area contributed by atoms with Gasteiger partial charge in [0, 0.05) is 12.4 Å². The highest BCUT2D eigenvalue weighted by Gasteiger charge is 2.15. The minimum atomic E-state index is -0.429. The molecule has 0 aliphatic rings. The number of pyridine rings is 1. The van der Waals surface area contributed by atoms with Crippen molar-refractivity contribution >= 4 is 17.7 Å². The second-order valence-electron chi connectivity index (χ2n) is 3.90. The summed E-state index contributed by atoms with van der Waals surface area (Å²) in [4.78, 5) is 15.8. The quantitative estimate of drug-likeness (QED) is 0.803. The van der Waals surface area contributed by atoms with Crippen LogP contribution in [0.1, 0.15) is 24.9 Å². The van der Waals surface area contributed by atoms with E-state index in [1.54, 1.807) is 24.2 Å². The van der Waals surface area contributed by atoms with Crippen molar-refractivity contribution in [3.8, 4) is 0 Å². The molecule has 0 saturated carbocycles. The van der Waals surface area contributed by atoms with Gasteiger partial charge in [0.2, 0.25) is 5.91 Å². The molecule has 0 radical (unpaired) electrons. The molecule has 0 aliphatic heterocycles. The monoisotopic (exact) mass is 253 g/mol. The molecule has 0 aromatic carbocycles. The molecule has 0 aliphatic carbocycles. The van der Waals surface area contributed by atoms with Crippen LogP contribution in [0.15, 0.2) is 24.5 Å². The van der Waals surface area contributed by atoms with Crippen molar-refractivity contribution in [2.45, 2.75) is 25.4 Å². The fraction of sp³-hybridized carbons (Fsp3) is 0.500. The van der Waals surface area contributed by atoms with Crippen LogP contribution in [0.5, 0.6) is 0 Å². The third kappa shape index (κ3) is 4.75. The van der Waals surface area contributed by atoms with Crippen LogP contribution >= 0.6 is 11.8 Å². The number of nitrogens with two attached hydrogens (primary N) is 1. The van der Waals surface area contributed by atoms with Gasteiger partial charge in [-0.3, -0.25) is 9.78 Å². The Morgan fingerprint density at radius 1 is 1.65 bits per heavy atom. The van der Waals surface area contributed by atoms with Gasteiger partial charge in [-0.25, -0.2) is 0 Å². The average molecular weight is 253 g/mol. The van der Waals surface area contributed by atoms with Gasteiger partial charge in [0.25, 0.3) is 0 Å². The van der Waals surface area contributed by atoms with Gasteiger partial charge in [-0.15, -0.1) is 0 Å². The van der Waals surface area contributed by atoms with Gasteiger partial charge in [0.1, 0.15) is 0 Å². The van der Waals surface area contributed by atoms with E-state index in [2.05, 4.69) is 10.3 Å². The third-order valence-electron chi connectivity index (χ3n) is 2.51. The van der Waals surface area contributed by atoms with Gasteiger partial charge >= 0.3 is 0 Å². The summed E-state index contributed by atoms with van der Waals surface area (Å²) in [5.41, 5.74) is 6.77. The van der Waals surface area contributed by atoms with Crippen LogP contribution in [-0.4, -0.2) is 28.9 Å². The molecule has 4 nitrogen and oxygen atoms in total. The predicted molar refractivity (Wildman–Crippen MR) is 71.8 cm³/mol.